The van der Waals surface area contributed by atoms with Gasteiger partial charge in [-0.3, -0.25) is 0 Å². The zero-order chi connectivity index (χ0) is 14.0. The number of hydrogen-bond acceptors (Lipinski definition) is 3. The van der Waals surface area contributed by atoms with E-state index in [-0.39, 0.29) is 5.63 Å². The molecule has 0 amide bonds. The Hall–Kier alpha value is -2.03. The highest BCUT2D eigenvalue weighted by atomic mass is 16.4. The van der Waals surface area contributed by atoms with Crippen molar-refractivity contribution < 1.29 is 4.42 Å². The molecule has 0 fully saturated rings. The summed E-state index contributed by atoms with van der Waals surface area (Å²) in [5, 5.41) is 0.961. The third-order valence-corrected chi connectivity index (χ3v) is 3.06. The maximum atomic E-state index is 11.5. The number of rotatable bonds is 3. The molecule has 19 heavy (non-hydrogen) atoms. The second-order valence-electron chi connectivity index (χ2n) is 5.12. The summed E-state index contributed by atoms with van der Waals surface area (Å²) in [5.41, 5.74) is 3.78. The molecule has 2 aromatic rings. The van der Waals surface area contributed by atoms with Gasteiger partial charge in [0.2, 0.25) is 0 Å². The average Bonchev–Trinajstić information content (AvgIpc) is 2.35. The van der Waals surface area contributed by atoms with Gasteiger partial charge in [0.05, 0.1) is 0 Å². The maximum Gasteiger partial charge on any atom is 0.336 e. The number of nitrogens with zero attached hydrogens (tertiary/aromatic N) is 1. The van der Waals surface area contributed by atoms with Crippen LogP contribution in [0, 0.1) is 0 Å². The van der Waals surface area contributed by atoms with Crippen LogP contribution in [0.2, 0.25) is 0 Å². The molecule has 0 radical (unpaired) electrons. The number of hydrogen-bond donors (Lipinski definition) is 0. The van der Waals surface area contributed by atoms with Crippen LogP contribution in [0.3, 0.4) is 0 Å². The summed E-state index contributed by atoms with van der Waals surface area (Å²) in [4.78, 5) is 13.5. The Morgan fingerprint density at radius 3 is 2.53 bits per heavy atom. The Bertz CT molecular complexity index is 677. The van der Waals surface area contributed by atoms with E-state index >= 15 is 0 Å². The molecule has 0 saturated carbocycles. The van der Waals surface area contributed by atoms with Gasteiger partial charge >= 0.3 is 5.63 Å². The largest absolute Gasteiger partial charge is 0.422 e. The van der Waals surface area contributed by atoms with Gasteiger partial charge in [-0.1, -0.05) is 11.6 Å². The minimum Gasteiger partial charge on any atom is -0.422 e. The van der Waals surface area contributed by atoms with Crippen molar-refractivity contribution in [1.29, 1.82) is 0 Å². The van der Waals surface area contributed by atoms with Gasteiger partial charge in [0, 0.05) is 36.8 Å². The predicted molar refractivity (Wildman–Crippen MR) is 79.9 cm³/mol. The Balaban J connectivity index is 2.71. The maximum absolute atomic E-state index is 11.5. The van der Waals surface area contributed by atoms with E-state index in [0.717, 1.165) is 23.1 Å². The van der Waals surface area contributed by atoms with Gasteiger partial charge in [0.25, 0.3) is 0 Å². The number of allylic oxidation sites excluding steroid dienone is 2. The van der Waals surface area contributed by atoms with Gasteiger partial charge in [0.1, 0.15) is 5.58 Å². The molecule has 1 aromatic heterocycles. The zero-order valence-corrected chi connectivity index (χ0v) is 11.9. The minimum atomic E-state index is -0.304. The van der Waals surface area contributed by atoms with Gasteiger partial charge in [-0.15, -0.1) is 0 Å². The van der Waals surface area contributed by atoms with Crippen molar-refractivity contribution in [1.82, 2.24) is 0 Å². The molecule has 1 heterocycles. The van der Waals surface area contributed by atoms with Gasteiger partial charge in [-0.25, -0.2) is 4.79 Å². The summed E-state index contributed by atoms with van der Waals surface area (Å²) in [7, 11) is 3.99. The van der Waals surface area contributed by atoms with Crippen LogP contribution in [0.1, 0.15) is 19.4 Å². The van der Waals surface area contributed by atoms with Crippen molar-refractivity contribution in [3.05, 3.63) is 51.9 Å². The summed E-state index contributed by atoms with van der Waals surface area (Å²) in [5.74, 6) is 0. The van der Waals surface area contributed by atoms with Gasteiger partial charge < -0.3 is 9.32 Å². The smallest absolute Gasteiger partial charge is 0.336 e. The molecule has 0 bridgehead atoms. The van der Waals surface area contributed by atoms with E-state index in [4.69, 9.17) is 4.42 Å². The summed E-state index contributed by atoms with van der Waals surface area (Å²) < 4.78 is 5.40. The highest BCUT2D eigenvalue weighted by molar-refractivity contribution is 5.85. The highest BCUT2D eigenvalue weighted by Crippen LogP contribution is 2.28. The molecule has 3 heteroatoms. The van der Waals surface area contributed by atoms with E-state index in [9.17, 15) is 4.79 Å². The third kappa shape index (κ3) is 2.87. The second kappa shape index (κ2) is 5.31. The summed E-state index contributed by atoms with van der Waals surface area (Å²) in [6.07, 6.45) is 2.91. The molecule has 3 nitrogen and oxygen atoms in total. The molecule has 0 N–H and O–H groups in total. The van der Waals surface area contributed by atoms with Crippen molar-refractivity contribution in [3.63, 3.8) is 0 Å². The third-order valence-electron chi connectivity index (χ3n) is 3.06. The van der Waals surface area contributed by atoms with Crippen LogP contribution in [0.15, 0.2) is 45.1 Å². The fraction of sp³-hybridized carbons (Fsp3) is 0.312. The Morgan fingerprint density at radius 2 is 1.89 bits per heavy atom. The molecule has 0 atom stereocenters. The molecule has 0 saturated heterocycles. The summed E-state index contributed by atoms with van der Waals surface area (Å²) in [6.45, 7) is 4.13. The molecule has 0 aliphatic carbocycles. The highest BCUT2D eigenvalue weighted by Gasteiger charge is 2.11. The molecule has 1 aromatic carbocycles. The van der Waals surface area contributed by atoms with E-state index in [1.54, 1.807) is 0 Å². The molecule has 0 unspecified atom stereocenters. The fourth-order valence-electron chi connectivity index (χ4n) is 2.10. The second-order valence-corrected chi connectivity index (χ2v) is 5.12. The first-order chi connectivity index (χ1) is 8.99. The van der Waals surface area contributed by atoms with Crippen molar-refractivity contribution in [2.45, 2.75) is 20.3 Å². The first kappa shape index (κ1) is 13.4. The zero-order valence-electron chi connectivity index (χ0n) is 11.9. The molecular weight excluding hydrogens is 238 g/mol. The quantitative estimate of drug-likeness (QED) is 0.624. The summed E-state index contributed by atoms with van der Waals surface area (Å²) in [6, 6.07) is 7.32. The lowest BCUT2D eigenvalue weighted by atomic mass is 10.0. The van der Waals surface area contributed by atoms with Crippen LogP contribution in [0.4, 0.5) is 5.69 Å². The monoisotopic (exact) mass is 257 g/mol. The van der Waals surface area contributed by atoms with E-state index in [1.807, 2.05) is 31.1 Å². The Kier molecular flexibility index (Phi) is 3.74. The lowest BCUT2D eigenvalue weighted by Crippen LogP contribution is -2.12. The molecule has 100 valence electrons. The number of fused-ring (bicyclic) bond motifs is 1. The van der Waals surface area contributed by atoms with Crippen molar-refractivity contribution in [2.75, 3.05) is 19.0 Å². The van der Waals surface area contributed by atoms with Gasteiger partial charge in [0.15, 0.2) is 0 Å². The van der Waals surface area contributed by atoms with Crippen molar-refractivity contribution in [2.24, 2.45) is 0 Å². The standard InChI is InChI=1S/C16H19NO2/c1-11(2)5-8-13-14(17(3)4)9-6-12-7-10-15(18)19-16(12)13/h5-7,9-10H,8H2,1-4H3. The average molecular weight is 257 g/mol. The SMILES string of the molecule is CC(C)=CCc1c(N(C)C)ccc2ccc(=O)oc12. The number of benzene rings is 1. The first-order valence-electron chi connectivity index (χ1n) is 6.35. The molecule has 2 rings (SSSR count). The Morgan fingerprint density at radius 1 is 1.21 bits per heavy atom. The first-order valence-corrected chi connectivity index (χ1v) is 6.35. The van der Waals surface area contributed by atoms with Gasteiger partial charge in [-0.2, -0.15) is 0 Å². The van der Waals surface area contributed by atoms with Crippen LogP contribution in [-0.4, -0.2) is 14.1 Å². The van der Waals surface area contributed by atoms with E-state index in [0.29, 0.717) is 5.58 Å². The lowest BCUT2D eigenvalue weighted by Gasteiger charge is -2.18. The van der Waals surface area contributed by atoms with Crippen LogP contribution in [0.25, 0.3) is 11.0 Å². The van der Waals surface area contributed by atoms with Crippen molar-refractivity contribution >= 4 is 16.7 Å². The molecule has 0 spiro atoms. The topological polar surface area (TPSA) is 33.5 Å². The predicted octanol–water partition coefficient (Wildman–Crippen LogP) is 3.37. The van der Waals surface area contributed by atoms with E-state index in [1.165, 1.54) is 11.6 Å². The summed E-state index contributed by atoms with van der Waals surface area (Å²) >= 11 is 0. The molecule has 0 aliphatic heterocycles. The van der Waals surface area contributed by atoms with Crippen LogP contribution in [0.5, 0.6) is 0 Å². The van der Waals surface area contributed by atoms with E-state index in [2.05, 4.69) is 26.0 Å². The van der Waals surface area contributed by atoms with Gasteiger partial charge in [-0.05, 0) is 38.5 Å². The number of anilines is 1. The Labute approximate surface area is 113 Å². The van der Waals surface area contributed by atoms with Crippen LogP contribution >= 0.6 is 0 Å². The normalized spacial score (nSPS) is 10.5. The van der Waals surface area contributed by atoms with E-state index < -0.39 is 0 Å². The van der Waals surface area contributed by atoms with Crippen LogP contribution < -0.4 is 10.5 Å². The lowest BCUT2D eigenvalue weighted by molar-refractivity contribution is 0.558. The molecular formula is C16H19NO2. The van der Waals surface area contributed by atoms with Crippen molar-refractivity contribution in [3.8, 4) is 0 Å². The minimum absolute atomic E-state index is 0.304. The molecule has 0 aliphatic rings. The van der Waals surface area contributed by atoms with Crippen LogP contribution in [-0.2, 0) is 6.42 Å². The fourth-order valence-corrected chi connectivity index (χ4v) is 2.10.